The Morgan fingerprint density at radius 3 is 2.50 bits per heavy atom. The number of amidine groups is 1. The van der Waals surface area contributed by atoms with Gasteiger partial charge in [-0.3, -0.25) is 4.99 Å². The van der Waals surface area contributed by atoms with Gasteiger partial charge >= 0.3 is 0 Å². The molecule has 112 valence electrons. The molecule has 0 saturated heterocycles. The van der Waals surface area contributed by atoms with Crippen molar-refractivity contribution >= 4 is 40.8 Å². The number of furan rings is 1. The Kier molecular flexibility index (Phi) is 4.10. The third-order valence-corrected chi connectivity index (χ3v) is 3.85. The van der Waals surface area contributed by atoms with Gasteiger partial charge in [-0.05, 0) is 41.5 Å². The number of aliphatic imine (C=N–C) groups is 1. The SMILES string of the molecule is Cl.Clc1ccc(-c2ccc3oc(C4=NCCN4)cc3c2)cc1. The zero-order chi connectivity index (χ0) is 14.2. The molecule has 3 nitrogen and oxygen atoms in total. The van der Waals surface area contributed by atoms with Gasteiger partial charge in [0.1, 0.15) is 5.58 Å². The molecule has 0 fully saturated rings. The van der Waals surface area contributed by atoms with E-state index in [4.69, 9.17) is 16.0 Å². The smallest absolute Gasteiger partial charge is 0.170 e. The summed E-state index contributed by atoms with van der Waals surface area (Å²) in [6.07, 6.45) is 0. The van der Waals surface area contributed by atoms with Crippen molar-refractivity contribution in [3.63, 3.8) is 0 Å². The van der Waals surface area contributed by atoms with E-state index in [-0.39, 0.29) is 12.4 Å². The molecule has 0 bridgehead atoms. The lowest BCUT2D eigenvalue weighted by atomic mass is 10.0. The number of halogens is 2. The Morgan fingerprint density at radius 2 is 1.77 bits per heavy atom. The monoisotopic (exact) mass is 332 g/mol. The highest BCUT2D eigenvalue weighted by atomic mass is 35.5. The van der Waals surface area contributed by atoms with E-state index < -0.39 is 0 Å². The van der Waals surface area contributed by atoms with Crippen LogP contribution in [-0.4, -0.2) is 18.9 Å². The minimum absolute atomic E-state index is 0. The van der Waals surface area contributed by atoms with Crippen molar-refractivity contribution in [2.24, 2.45) is 4.99 Å². The van der Waals surface area contributed by atoms with Crippen LogP contribution in [0.2, 0.25) is 5.02 Å². The summed E-state index contributed by atoms with van der Waals surface area (Å²) < 4.78 is 5.85. The fourth-order valence-corrected chi connectivity index (χ4v) is 2.67. The number of hydrogen-bond donors (Lipinski definition) is 1. The maximum Gasteiger partial charge on any atom is 0.170 e. The molecule has 2 aromatic carbocycles. The lowest BCUT2D eigenvalue weighted by molar-refractivity contribution is 0.602. The van der Waals surface area contributed by atoms with Gasteiger partial charge in [0.25, 0.3) is 0 Å². The molecular weight excluding hydrogens is 319 g/mol. The van der Waals surface area contributed by atoms with Gasteiger partial charge < -0.3 is 9.73 Å². The van der Waals surface area contributed by atoms with E-state index >= 15 is 0 Å². The van der Waals surface area contributed by atoms with Gasteiger partial charge in [0, 0.05) is 17.0 Å². The Hall–Kier alpha value is -1.97. The highest BCUT2D eigenvalue weighted by Gasteiger charge is 2.13. The van der Waals surface area contributed by atoms with Crippen molar-refractivity contribution < 1.29 is 4.42 Å². The van der Waals surface area contributed by atoms with Crippen LogP contribution in [0.25, 0.3) is 22.1 Å². The van der Waals surface area contributed by atoms with Gasteiger partial charge in [-0.15, -0.1) is 12.4 Å². The Balaban J connectivity index is 0.00000144. The number of fused-ring (bicyclic) bond motifs is 1. The summed E-state index contributed by atoms with van der Waals surface area (Å²) in [4.78, 5) is 4.39. The van der Waals surface area contributed by atoms with Crippen LogP contribution in [0.4, 0.5) is 0 Å². The largest absolute Gasteiger partial charge is 0.453 e. The summed E-state index contributed by atoms with van der Waals surface area (Å²) >= 11 is 5.94. The molecule has 0 aliphatic carbocycles. The first-order valence-corrected chi connectivity index (χ1v) is 7.26. The fourth-order valence-electron chi connectivity index (χ4n) is 2.54. The predicted octanol–water partition coefficient (Wildman–Crippen LogP) is 4.52. The molecule has 1 aromatic heterocycles. The van der Waals surface area contributed by atoms with Gasteiger partial charge in [0.2, 0.25) is 0 Å². The molecule has 4 rings (SSSR count). The van der Waals surface area contributed by atoms with E-state index in [0.29, 0.717) is 0 Å². The first kappa shape index (κ1) is 14.9. The second-order valence-corrected chi connectivity index (χ2v) is 5.46. The summed E-state index contributed by atoms with van der Waals surface area (Å²) in [6.45, 7) is 1.69. The summed E-state index contributed by atoms with van der Waals surface area (Å²) in [7, 11) is 0. The molecule has 5 heteroatoms. The predicted molar refractivity (Wildman–Crippen MR) is 93.3 cm³/mol. The maximum absolute atomic E-state index is 5.94. The number of hydrogen-bond acceptors (Lipinski definition) is 3. The van der Waals surface area contributed by atoms with E-state index in [2.05, 4.69) is 22.4 Å². The quantitative estimate of drug-likeness (QED) is 0.748. The van der Waals surface area contributed by atoms with E-state index in [1.165, 1.54) is 0 Å². The average molecular weight is 333 g/mol. The lowest BCUT2D eigenvalue weighted by Gasteiger charge is -2.01. The van der Waals surface area contributed by atoms with Gasteiger partial charge in [-0.25, -0.2) is 0 Å². The number of nitrogens with zero attached hydrogens (tertiary/aromatic N) is 1. The molecule has 0 radical (unpaired) electrons. The van der Waals surface area contributed by atoms with Gasteiger partial charge in [0.15, 0.2) is 11.6 Å². The number of rotatable bonds is 2. The van der Waals surface area contributed by atoms with Crippen molar-refractivity contribution in [1.82, 2.24) is 5.32 Å². The van der Waals surface area contributed by atoms with Crippen molar-refractivity contribution in [2.45, 2.75) is 0 Å². The third-order valence-electron chi connectivity index (χ3n) is 3.60. The molecule has 0 saturated carbocycles. The van der Waals surface area contributed by atoms with E-state index in [1.54, 1.807) is 0 Å². The van der Waals surface area contributed by atoms with Crippen LogP contribution >= 0.6 is 24.0 Å². The summed E-state index contributed by atoms with van der Waals surface area (Å²) in [5.41, 5.74) is 3.16. The first-order chi connectivity index (χ1) is 10.3. The molecule has 1 aliphatic heterocycles. The zero-order valence-electron chi connectivity index (χ0n) is 11.7. The van der Waals surface area contributed by atoms with Crippen LogP contribution in [0, 0.1) is 0 Å². The average Bonchev–Trinajstić information content (AvgIpc) is 3.16. The molecule has 22 heavy (non-hydrogen) atoms. The molecule has 0 spiro atoms. The minimum atomic E-state index is 0. The van der Waals surface area contributed by atoms with Gasteiger partial charge in [-0.1, -0.05) is 29.8 Å². The molecule has 3 aromatic rings. The van der Waals surface area contributed by atoms with Crippen molar-refractivity contribution in [1.29, 1.82) is 0 Å². The fraction of sp³-hybridized carbons (Fsp3) is 0.118. The molecule has 1 N–H and O–H groups in total. The Labute approximate surface area is 139 Å². The summed E-state index contributed by atoms with van der Waals surface area (Å²) in [5.74, 6) is 1.65. The summed E-state index contributed by atoms with van der Waals surface area (Å²) in [6, 6.07) is 16.1. The lowest BCUT2D eigenvalue weighted by Crippen LogP contribution is -2.18. The van der Waals surface area contributed by atoms with E-state index in [0.717, 1.165) is 51.8 Å². The second kappa shape index (κ2) is 6.03. The molecular formula is C17H14Cl2N2O. The van der Waals surface area contributed by atoms with Crippen molar-refractivity contribution in [3.05, 3.63) is 59.3 Å². The molecule has 1 aliphatic rings. The second-order valence-electron chi connectivity index (χ2n) is 5.03. The number of benzene rings is 2. The van der Waals surface area contributed by atoms with Crippen LogP contribution in [0.5, 0.6) is 0 Å². The van der Waals surface area contributed by atoms with Crippen LogP contribution < -0.4 is 5.32 Å². The maximum atomic E-state index is 5.94. The topological polar surface area (TPSA) is 37.5 Å². The third kappa shape index (κ3) is 2.70. The molecule has 0 unspecified atom stereocenters. The van der Waals surface area contributed by atoms with Crippen LogP contribution in [0.3, 0.4) is 0 Å². The van der Waals surface area contributed by atoms with Crippen molar-refractivity contribution in [2.75, 3.05) is 13.1 Å². The van der Waals surface area contributed by atoms with E-state index in [9.17, 15) is 0 Å². The Morgan fingerprint density at radius 1 is 1.00 bits per heavy atom. The normalized spacial score (nSPS) is 13.6. The molecule has 2 heterocycles. The van der Waals surface area contributed by atoms with Crippen LogP contribution in [0.1, 0.15) is 5.76 Å². The number of nitrogens with one attached hydrogen (secondary N) is 1. The highest BCUT2D eigenvalue weighted by Crippen LogP contribution is 2.27. The van der Waals surface area contributed by atoms with E-state index in [1.807, 2.05) is 36.4 Å². The highest BCUT2D eigenvalue weighted by molar-refractivity contribution is 6.30. The van der Waals surface area contributed by atoms with Gasteiger partial charge in [-0.2, -0.15) is 0 Å². The zero-order valence-corrected chi connectivity index (χ0v) is 13.2. The van der Waals surface area contributed by atoms with Crippen LogP contribution in [0.15, 0.2) is 57.9 Å². The standard InChI is InChI=1S/C17H13ClN2O.ClH/c18-14-4-1-11(2-5-14)12-3-6-15-13(9-12)10-16(21-15)17-19-7-8-20-17;/h1-6,9-10H,7-8H2,(H,19,20);1H. The Bertz CT molecular complexity index is 837. The van der Waals surface area contributed by atoms with Gasteiger partial charge in [0.05, 0.1) is 6.54 Å². The van der Waals surface area contributed by atoms with Crippen LogP contribution in [-0.2, 0) is 0 Å². The molecule has 0 amide bonds. The minimum Gasteiger partial charge on any atom is -0.453 e. The van der Waals surface area contributed by atoms with Crippen molar-refractivity contribution in [3.8, 4) is 11.1 Å². The first-order valence-electron chi connectivity index (χ1n) is 6.88. The molecule has 0 atom stereocenters. The summed E-state index contributed by atoms with van der Waals surface area (Å²) in [5, 5.41) is 5.05.